The minimum Gasteiger partial charge on any atom is -0.314 e. The molecule has 0 amide bonds. The lowest BCUT2D eigenvalue weighted by Gasteiger charge is -2.35. The molecule has 1 aliphatic rings. The first-order valence-corrected chi connectivity index (χ1v) is 10.4. The maximum atomic E-state index is 15.0. The van der Waals surface area contributed by atoms with Crippen molar-refractivity contribution in [3.63, 3.8) is 0 Å². The molecule has 2 aromatic carbocycles. The number of fused-ring (bicyclic) bond motifs is 1. The number of rotatable bonds is 4. The van der Waals surface area contributed by atoms with Crippen LogP contribution in [0.15, 0.2) is 60.1 Å². The molecule has 1 atom stereocenters. The summed E-state index contributed by atoms with van der Waals surface area (Å²) >= 11 is 1.69. The highest BCUT2D eigenvalue weighted by Gasteiger charge is 2.27. The standard InChI is InChI=1S/C22H21FN4S/c23-19-5-3-16(15-4-6-20-17(12-15)14-25-26-20)13-18(19)22(21-2-1-11-28-21)27-9-7-24-8-10-27/h1-6,11-14,22,24H,7-10H2,(H,25,26). The van der Waals surface area contributed by atoms with E-state index in [9.17, 15) is 0 Å². The van der Waals surface area contributed by atoms with E-state index in [-0.39, 0.29) is 11.9 Å². The maximum Gasteiger partial charge on any atom is 0.128 e. The van der Waals surface area contributed by atoms with Crippen LogP contribution in [0.4, 0.5) is 4.39 Å². The van der Waals surface area contributed by atoms with Crippen LogP contribution in [-0.4, -0.2) is 41.3 Å². The quantitative estimate of drug-likeness (QED) is 0.540. The van der Waals surface area contributed by atoms with Crippen molar-refractivity contribution in [1.29, 1.82) is 0 Å². The lowest BCUT2D eigenvalue weighted by molar-refractivity contribution is 0.197. The Morgan fingerprint density at radius 2 is 1.86 bits per heavy atom. The fourth-order valence-corrected chi connectivity index (χ4v) is 4.85. The number of thiophene rings is 1. The Bertz CT molecular complexity index is 1080. The predicted molar refractivity (Wildman–Crippen MR) is 112 cm³/mol. The van der Waals surface area contributed by atoms with Gasteiger partial charge in [-0.05, 0) is 46.8 Å². The summed E-state index contributed by atoms with van der Waals surface area (Å²) in [6, 6.07) is 15.8. The minimum atomic E-state index is -0.148. The number of aromatic amines is 1. The number of halogens is 1. The van der Waals surface area contributed by atoms with E-state index in [1.165, 1.54) is 4.88 Å². The summed E-state index contributed by atoms with van der Waals surface area (Å²) in [6.07, 6.45) is 1.82. The normalized spacial score (nSPS) is 16.5. The van der Waals surface area contributed by atoms with E-state index in [1.807, 2.05) is 30.5 Å². The molecule has 1 saturated heterocycles. The van der Waals surface area contributed by atoms with Gasteiger partial charge in [-0.1, -0.05) is 18.2 Å². The van der Waals surface area contributed by atoms with Crippen LogP contribution in [0, 0.1) is 5.82 Å². The van der Waals surface area contributed by atoms with Gasteiger partial charge in [0.25, 0.3) is 0 Å². The van der Waals surface area contributed by atoms with E-state index in [0.29, 0.717) is 0 Å². The van der Waals surface area contributed by atoms with Gasteiger partial charge in [-0.3, -0.25) is 10.00 Å². The monoisotopic (exact) mass is 392 g/mol. The molecule has 5 rings (SSSR count). The molecule has 6 heteroatoms. The number of nitrogens with zero attached hydrogens (tertiary/aromatic N) is 2. The van der Waals surface area contributed by atoms with E-state index < -0.39 is 0 Å². The van der Waals surface area contributed by atoms with Gasteiger partial charge in [-0.25, -0.2) is 4.39 Å². The van der Waals surface area contributed by atoms with Crippen LogP contribution < -0.4 is 5.32 Å². The largest absolute Gasteiger partial charge is 0.314 e. The van der Waals surface area contributed by atoms with Gasteiger partial charge in [0.15, 0.2) is 0 Å². The van der Waals surface area contributed by atoms with Crippen molar-refractivity contribution < 1.29 is 4.39 Å². The predicted octanol–water partition coefficient (Wildman–Crippen LogP) is 4.43. The van der Waals surface area contributed by atoms with Crippen molar-refractivity contribution in [3.8, 4) is 11.1 Å². The van der Waals surface area contributed by atoms with Gasteiger partial charge in [-0.2, -0.15) is 5.10 Å². The molecule has 4 nitrogen and oxygen atoms in total. The third-order valence-electron chi connectivity index (χ3n) is 5.39. The Kier molecular flexibility index (Phi) is 4.68. The average molecular weight is 393 g/mol. The molecular formula is C22H21FN4S. The zero-order valence-electron chi connectivity index (χ0n) is 15.4. The molecule has 0 saturated carbocycles. The van der Waals surface area contributed by atoms with Gasteiger partial charge in [-0.15, -0.1) is 11.3 Å². The van der Waals surface area contributed by atoms with E-state index in [2.05, 4.69) is 44.0 Å². The summed E-state index contributed by atoms with van der Waals surface area (Å²) in [5, 5.41) is 13.6. The third kappa shape index (κ3) is 3.24. The van der Waals surface area contributed by atoms with Crippen molar-refractivity contribution in [2.24, 2.45) is 0 Å². The highest BCUT2D eigenvalue weighted by molar-refractivity contribution is 7.10. The number of nitrogens with one attached hydrogen (secondary N) is 2. The summed E-state index contributed by atoms with van der Waals surface area (Å²) in [5.41, 5.74) is 3.84. The van der Waals surface area contributed by atoms with Gasteiger partial charge in [0.2, 0.25) is 0 Å². The van der Waals surface area contributed by atoms with E-state index in [4.69, 9.17) is 0 Å². The lowest BCUT2D eigenvalue weighted by Crippen LogP contribution is -2.45. The Hall–Kier alpha value is -2.54. The van der Waals surface area contributed by atoms with Crippen molar-refractivity contribution in [2.45, 2.75) is 6.04 Å². The summed E-state index contributed by atoms with van der Waals surface area (Å²) in [5.74, 6) is -0.148. The molecular weight excluding hydrogens is 371 g/mol. The van der Waals surface area contributed by atoms with Crippen LogP contribution in [0.5, 0.6) is 0 Å². The Balaban J connectivity index is 1.59. The lowest BCUT2D eigenvalue weighted by atomic mass is 9.96. The summed E-state index contributed by atoms with van der Waals surface area (Å²) in [4.78, 5) is 3.56. The van der Waals surface area contributed by atoms with Crippen LogP contribution in [0.2, 0.25) is 0 Å². The van der Waals surface area contributed by atoms with E-state index in [1.54, 1.807) is 17.4 Å². The second-order valence-electron chi connectivity index (χ2n) is 7.11. The fourth-order valence-electron chi connectivity index (χ4n) is 3.97. The van der Waals surface area contributed by atoms with Crippen LogP contribution in [-0.2, 0) is 0 Å². The Morgan fingerprint density at radius 3 is 2.68 bits per heavy atom. The van der Waals surface area contributed by atoms with Crippen molar-refractivity contribution in [1.82, 2.24) is 20.4 Å². The molecule has 2 aromatic heterocycles. The topological polar surface area (TPSA) is 44.0 Å². The van der Waals surface area contributed by atoms with Crippen molar-refractivity contribution in [2.75, 3.05) is 26.2 Å². The van der Waals surface area contributed by atoms with E-state index >= 15 is 4.39 Å². The SMILES string of the molecule is Fc1ccc(-c2ccc3[nH]ncc3c2)cc1C(c1cccs1)N1CCNCC1. The summed E-state index contributed by atoms with van der Waals surface area (Å²) in [6.45, 7) is 3.68. The molecule has 2 N–H and O–H groups in total. The van der Waals surface area contributed by atoms with Gasteiger partial charge >= 0.3 is 0 Å². The molecule has 142 valence electrons. The molecule has 1 aliphatic heterocycles. The Morgan fingerprint density at radius 1 is 1.04 bits per heavy atom. The first kappa shape index (κ1) is 17.6. The highest BCUT2D eigenvalue weighted by atomic mass is 32.1. The van der Waals surface area contributed by atoms with Crippen molar-refractivity contribution in [3.05, 3.63) is 76.4 Å². The average Bonchev–Trinajstić information content (AvgIpc) is 3.42. The molecule has 28 heavy (non-hydrogen) atoms. The molecule has 0 aliphatic carbocycles. The van der Waals surface area contributed by atoms with Crippen LogP contribution in [0.1, 0.15) is 16.5 Å². The molecule has 1 fully saturated rings. The maximum absolute atomic E-state index is 15.0. The minimum absolute atomic E-state index is 0.0558. The van der Waals surface area contributed by atoms with Crippen LogP contribution in [0.3, 0.4) is 0 Å². The molecule has 0 spiro atoms. The van der Waals surface area contributed by atoms with Crippen molar-refractivity contribution >= 4 is 22.2 Å². The number of aromatic nitrogens is 2. The molecule has 4 aromatic rings. The smallest absolute Gasteiger partial charge is 0.128 e. The number of piperazine rings is 1. The highest BCUT2D eigenvalue weighted by Crippen LogP contribution is 2.36. The first-order valence-electron chi connectivity index (χ1n) is 9.51. The molecule has 0 bridgehead atoms. The molecule has 0 radical (unpaired) electrons. The molecule has 3 heterocycles. The summed E-state index contributed by atoms with van der Waals surface area (Å²) < 4.78 is 15.0. The second kappa shape index (κ2) is 7.47. The molecule has 1 unspecified atom stereocenters. The number of H-pyrrole nitrogens is 1. The third-order valence-corrected chi connectivity index (χ3v) is 6.32. The Labute approximate surface area is 167 Å². The zero-order valence-corrected chi connectivity index (χ0v) is 16.2. The summed E-state index contributed by atoms with van der Waals surface area (Å²) in [7, 11) is 0. The number of hydrogen-bond acceptors (Lipinski definition) is 4. The van der Waals surface area contributed by atoms with Gasteiger partial charge in [0.1, 0.15) is 5.82 Å². The fraction of sp³-hybridized carbons (Fsp3) is 0.227. The van der Waals surface area contributed by atoms with Gasteiger partial charge < -0.3 is 5.32 Å². The zero-order chi connectivity index (χ0) is 18.9. The second-order valence-corrected chi connectivity index (χ2v) is 8.09. The van der Waals surface area contributed by atoms with Crippen LogP contribution in [0.25, 0.3) is 22.0 Å². The van der Waals surface area contributed by atoms with Crippen LogP contribution >= 0.6 is 11.3 Å². The number of benzene rings is 2. The first-order chi connectivity index (χ1) is 13.8. The van der Waals surface area contributed by atoms with Gasteiger partial charge in [0, 0.05) is 42.0 Å². The van der Waals surface area contributed by atoms with E-state index in [0.717, 1.165) is 53.8 Å². The number of hydrogen-bond donors (Lipinski definition) is 2. The van der Waals surface area contributed by atoms with Gasteiger partial charge in [0.05, 0.1) is 17.8 Å².